The topological polar surface area (TPSA) is 91.7 Å². The van der Waals surface area contributed by atoms with Crippen molar-refractivity contribution in [3.63, 3.8) is 0 Å². The summed E-state index contributed by atoms with van der Waals surface area (Å²) >= 11 is 5.74. The van der Waals surface area contributed by atoms with E-state index in [-0.39, 0.29) is 49.9 Å². The zero-order chi connectivity index (χ0) is 35.9. The fourth-order valence-corrected chi connectivity index (χ4v) is 5.86. The van der Waals surface area contributed by atoms with Crippen LogP contribution >= 0.6 is 11.6 Å². The fraction of sp³-hybridized carbons (Fsp3) is 0.400. The van der Waals surface area contributed by atoms with Gasteiger partial charge in [-0.25, -0.2) is 4.79 Å². The molecule has 0 saturated carbocycles. The summed E-state index contributed by atoms with van der Waals surface area (Å²) in [5, 5.41) is 13.1. The van der Waals surface area contributed by atoms with Crippen molar-refractivity contribution in [3.05, 3.63) is 107 Å². The Kier molecular flexibility index (Phi) is 11.9. The van der Waals surface area contributed by atoms with Gasteiger partial charge in [-0.15, -0.1) is 11.6 Å². The molecule has 1 fully saturated rings. The smallest absolute Gasteiger partial charge is 0.416 e. The summed E-state index contributed by atoms with van der Waals surface area (Å²) in [5.74, 6) is -0.240. The number of rotatable bonds is 11. The number of piperidine rings is 1. The molecular weight excluding hydrogens is 676 g/mol. The van der Waals surface area contributed by atoms with Crippen LogP contribution < -0.4 is 5.32 Å². The number of benzene rings is 3. The zero-order valence-electron chi connectivity index (χ0n) is 26.4. The molecule has 0 unspecified atom stereocenters. The average molecular weight is 710 g/mol. The van der Waals surface area contributed by atoms with Gasteiger partial charge in [0.2, 0.25) is 5.91 Å². The normalized spacial score (nSPS) is 20.3. The maximum absolute atomic E-state index is 14.0. The first kappa shape index (κ1) is 37.5. The second-order valence-corrected chi connectivity index (χ2v) is 12.2. The number of carbonyl (C=O) groups excluding carboxylic acids is 2. The molecule has 1 saturated heterocycles. The summed E-state index contributed by atoms with van der Waals surface area (Å²) in [5.41, 5.74) is -5.15. The molecule has 2 amide bonds. The van der Waals surface area contributed by atoms with Crippen molar-refractivity contribution in [2.45, 2.75) is 68.7 Å². The monoisotopic (exact) mass is 709 g/mol. The molecule has 1 aliphatic rings. The third kappa shape index (κ3) is 9.25. The minimum atomic E-state index is -5.06. The van der Waals surface area contributed by atoms with Gasteiger partial charge in [-0.05, 0) is 61.1 Å². The molecule has 0 radical (unpaired) electrons. The second kappa shape index (κ2) is 15.5. The quantitative estimate of drug-likeness (QED) is 0.159. The van der Waals surface area contributed by atoms with Gasteiger partial charge in [-0.3, -0.25) is 9.69 Å². The van der Waals surface area contributed by atoms with Crippen molar-refractivity contribution in [1.82, 2.24) is 10.2 Å². The summed E-state index contributed by atoms with van der Waals surface area (Å²) in [7, 11) is 0. The predicted molar refractivity (Wildman–Crippen MR) is 168 cm³/mol. The van der Waals surface area contributed by atoms with Gasteiger partial charge in [0.25, 0.3) is 0 Å². The summed E-state index contributed by atoms with van der Waals surface area (Å²) in [6, 6.07) is 20.6. The Morgan fingerprint density at radius 3 is 2.10 bits per heavy atom. The Morgan fingerprint density at radius 2 is 1.55 bits per heavy atom. The number of hydrogen-bond acceptors (Lipinski definition) is 5. The van der Waals surface area contributed by atoms with Gasteiger partial charge in [0.05, 0.1) is 42.0 Å². The number of amides is 2. The van der Waals surface area contributed by atoms with E-state index in [9.17, 15) is 41.2 Å². The Labute approximate surface area is 284 Å². The average Bonchev–Trinajstić information content (AvgIpc) is 3.09. The van der Waals surface area contributed by atoms with E-state index in [1.54, 1.807) is 60.7 Å². The molecule has 0 spiro atoms. The predicted octanol–water partition coefficient (Wildman–Crippen LogP) is 8.53. The molecule has 0 aromatic heterocycles. The third-order valence-corrected chi connectivity index (χ3v) is 8.70. The first-order valence-corrected chi connectivity index (χ1v) is 15.9. The largest absolute Gasteiger partial charge is 0.445 e. The first-order valence-electron chi connectivity index (χ1n) is 15.4. The number of alkyl halides is 7. The highest BCUT2D eigenvalue weighted by Crippen LogP contribution is 2.44. The van der Waals surface area contributed by atoms with Crippen LogP contribution in [0.5, 0.6) is 0 Å². The standard InChI is InChI=1S/C35H34ClF6N3O4/c1-24(26-17-28(34(37,38)39)19-29(18-26)35(40,41)42)49-23-33(27-11-6-3-7-12-27)15-14-32(21-43,44-30(46)13-8-16-36)22-45(33)31(47)48-20-25-9-4-2-5-10-25/h2-7,9-12,17-19,24H,8,13-16,20,22-23H2,1H3,(H,44,46)/t24-,32+,33-/m1/s1. The Balaban J connectivity index is 1.74. The van der Waals surface area contributed by atoms with Crippen molar-refractivity contribution >= 4 is 23.6 Å². The van der Waals surface area contributed by atoms with Crippen molar-refractivity contribution in [1.29, 1.82) is 5.26 Å². The van der Waals surface area contributed by atoms with Gasteiger partial charge < -0.3 is 14.8 Å². The van der Waals surface area contributed by atoms with Gasteiger partial charge in [0.15, 0.2) is 0 Å². The molecule has 262 valence electrons. The van der Waals surface area contributed by atoms with E-state index in [0.717, 1.165) is 0 Å². The first-order chi connectivity index (χ1) is 23.1. The van der Waals surface area contributed by atoms with Crippen LogP contribution in [0.15, 0.2) is 78.9 Å². The number of ether oxygens (including phenoxy) is 2. The molecule has 14 heteroatoms. The van der Waals surface area contributed by atoms with E-state index in [2.05, 4.69) is 11.4 Å². The summed E-state index contributed by atoms with van der Waals surface area (Å²) < 4.78 is 93.5. The van der Waals surface area contributed by atoms with Crippen LogP contribution in [0.3, 0.4) is 0 Å². The molecule has 1 heterocycles. The van der Waals surface area contributed by atoms with Crippen LogP contribution in [0, 0.1) is 11.3 Å². The summed E-state index contributed by atoms with van der Waals surface area (Å²) in [6.45, 7) is 0.395. The number of hydrogen-bond donors (Lipinski definition) is 1. The second-order valence-electron chi connectivity index (χ2n) is 11.9. The van der Waals surface area contributed by atoms with E-state index in [4.69, 9.17) is 21.1 Å². The molecule has 3 atom stereocenters. The van der Waals surface area contributed by atoms with Crippen LogP contribution in [0.25, 0.3) is 0 Å². The molecule has 0 bridgehead atoms. The van der Waals surface area contributed by atoms with E-state index in [1.807, 2.05) is 0 Å². The molecule has 7 nitrogen and oxygen atoms in total. The third-order valence-electron chi connectivity index (χ3n) is 8.43. The van der Waals surface area contributed by atoms with Gasteiger partial charge in [-0.1, -0.05) is 60.7 Å². The molecule has 1 N–H and O–H groups in total. The summed E-state index contributed by atoms with van der Waals surface area (Å²) in [6.07, 6.45) is -11.9. The lowest BCUT2D eigenvalue weighted by Crippen LogP contribution is -2.66. The maximum atomic E-state index is 14.0. The van der Waals surface area contributed by atoms with Crippen LogP contribution in [-0.2, 0) is 38.8 Å². The zero-order valence-corrected chi connectivity index (χ0v) is 27.2. The summed E-state index contributed by atoms with van der Waals surface area (Å²) in [4.78, 5) is 28.0. The number of nitriles is 1. The van der Waals surface area contributed by atoms with Crippen LogP contribution in [0.2, 0.25) is 0 Å². The van der Waals surface area contributed by atoms with Gasteiger partial charge >= 0.3 is 18.4 Å². The van der Waals surface area contributed by atoms with E-state index in [1.165, 1.54) is 11.8 Å². The molecule has 3 aromatic carbocycles. The number of likely N-dealkylation sites (tertiary alicyclic amines) is 1. The van der Waals surface area contributed by atoms with E-state index in [0.29, 0.717) is 29.7 Å². The Hall–Kier alpha value is -4.28. The number of carbonyl (C=O) groups is 2. The van der Waals surface area contributed by atoms with Crippen molar-refractivity contribution in [2.75, 3.05) is 19.0 Å². The Bertz CT molecular complexity index is 1600. The molecule has 49 heavy (non-hydrogen) atoms. The molecule has 4 rings (SSSR count). The SMILES string of the molecule is C[C@@H](OC[C@@]1(c2ccccc2)CC[C@@](C#N)(NC(=O)CCCCl)CN1C(=O)OCc1ccccc1)c1cc(C(F)(F)F)cc(C(F)(F)F)c1. The van der Waals surface area contributed by atoms with E-state index >= 15 is 0 Å². The molecule has 0 aliphatic carbocycles. The van der Waals surface area contributed by atoms with E-state index < -0.39 is 59.3 Å². The minimum absolute atomic E-state index is 0.00388. The van der Waals surface area contributed by atoms with Gasteiger partial charge in [0, 0.05) is 12.3 Å². The minimum Gasteiger partial charge on any atom is -0.445 e. The van der Waals surface area contributed by atoms with Gasteiger partial charge in [-0.2, -0.15) is 31.6 Å². The molecule has 3 aromatic rings. The highest BCUT2D eigenvalue weighted by molar-refractivity contribution is 6.17. The maximum Gasteiger partial charge on any atom is 0.416 e. The van der Waals surface area contributed by atoms with Crippen LogP contribution in [-0.4, -0.2) is 41.5 Å². The number of nitrogens with zero attached hydrogens (tertiary/aromatic N) is 2. The lowest BCUT2D eigenvalue weighted by Gasteiger charge is -2.51. The lowest BCUT2D eigenvalue weighted by molar-refractivity contribution is -0.143. The molecule has 1 aliphatic heterocycles. The van der Waals surface area contributed by atoms with Crippen molar-refractivity contribution in [2.24, 2.45) is 0 Å². The number of halogens is 7. The highest BCUT2D eigenvalue weighted by atomic mass is 35.5. The van der Waals surface area contributed by atoms with Crippen molar-refractivity contribution < 1.29 is 45.4 Å². The van der Waals surface area contributed by atoms with Crippen LogP contribution in [0.1, 0.15) is 66.5 Å². The van der Waals surface area contributed by atoms with Crippen LogP contribution in [0.4, 0.5) is 31.1 Å². The Morgan fingerprint density at radius 1 is 0.959 bits per heavy atom. The highest BCUT2D eigenvalue weighted by Gasteiger charge is 2.53. The molecular formula is C35H34ClF6N3O4. The van der Waals surface area contributed by atoms with Gasteiger partial charge in [0.1, 0.15) is 12.1 Å². The fourth-order valence-electron chi connectivity index (χ4n) is 5.72. The number of nitrogens with one attached hydrogen (secondary N) is 1. The van der Waals surface area contributed by atoms with Crippen molar-refractivity contribution in [3.8, 4) is 6.07 Å². The lowest BCUT2D eigenvalue weighted by atomic mass is 9.75.